The van der Waals surface area contributed by atoms with Crippen LogP contribution in [-0.2, 0) is 11.2 Å². The molecule has 1 aromatic rings. The first kappa shape index (κ1) is 15.6. The van der Waals surface area contributed by atoms with E-state index in [2.05, 4.69) is 5.32 Å². The van der Waals surface area contributed by atoms with Crippen LogP contribution in [0.5, 0.6) is 11.5 Å². The number of benzene rings is 1. The van der Waals surface area contributed by atoms with Crippen LogP contribution in [0.1, 0.15) is 31.2 Å². The van der Waals surface area contributed by atoms with E-state index in [4.69, 9.17) is 15.2 Å². The van der Waals surface area contributed by atoms with Crippen LogP contribution in [0.15, 0.2) is 18.2 Å². The number of hydrogen-bond donors (Lipinski definition) is 2. The molecule has 1 saturated carbocycles. The van der Waals surface area contributed by atoms with Crippen LogP contribution in [0, 0.1) is 0 Å². The summed E-state index contributed by atoms with van der Waals surface area (Å²) in [6, 6.07) is 5.51. The Morgan fingerprint density at radius 2 is 1.81 bits per heavy atom. The summed E-state index contributed by atoms with van der Waals surface area (Å²) in [6.45, 7) is 0.488. The Bertz CT molecular complexity index is 474. The molecule has 2 rings (SSSR count). The number of ether oxygens (including phenoxy) is 2. The van der Waals surface area contributed by atoms with Gasteiger partial charge in [0.1, 0.15) is 11.5 Å². The molecular weight excluding hydrogens is 268 g/mol. The monoisotopic (exact) mass is 292 g/mol. The summed E-state index contributed by atoms with van der Waals surface area (Å²) in [5.41, 5.74) is 6.40. The second-order valence-corrected chi connectivity index (χ2v) is 5.56. The number of nitrogens with one attached hydrogen (secondary N) is 1. The fourth-order valence-corrected chi connectivity index (χ4v) is 3.03. The molecule has 0 spiro atoms. The van der Waals surface area contributed by atoms with Crippen LogP contribution < -0.4 is 20.5 Å². The molecule has 1 amide bonds. The lowest BCUT2D eigenvalue weighted by Gasteiger charge is -2.29. The Hall–Kier alpha value is -1.75. The zero-order valence-electron chi connectivity index (χ0n) is 12.8. The predicted octanol–water partition coefficient (Wildman–Crippen LogP) is 1.63. The van der Waals surface area contributed by atoms with E-state index in [1.165, 1.54) is 0 Å². The minimum Gasteiger partial charge on any atom is -0.496 e. The first-order valence-corrected chi connectivity index (χ1v) is 7.35. The predicted molar refractivity (Wildman–Crippen MR) is 81.6 cm³/mol. The van der Waals surface area contributed by atoms with E-state index >= 15 is 0 Å². The van der Waals surface area contributed by atoms with E-state index in [-0.39, 0.29) is 17.9 Å². The van der Waals surface area contributed by atoms with E-state index in [0.717, 1.165) is 31.2 Å². The number of carbonyl (C=O) groups is 1. The molecule has 3 N–H and O–H groups in total. The summed E-state index contributed by atoms with van der Waals surface area (Å²) in [4.78, 5) is 12.4. The third-order valence-corrected chi connectivity index (χ3v) is 4.22. The Balaban J connectivity index is 2.12. The average molecular weight is 292 g/mol. The molecule has 116 valence electrons. The molecule has 0 atom stereocenters. The molecule has 0 heterocycles. The van der Waals surface area contributed by atoms with Gasteiger partial charge in [-0.05, 0) is 25.0 Å². The lowest BCUT2D eigenvalue weighted by Crippen LogP contribution is -2.52. The molecule has 0 radical (unpaired) electrons. The first-order chi connectivity index (χ1) is 10.1. The smallest absolute Gasteiger partial charge is 0.225 e. The molecule has 0 bridgehead atoms. The summed E-state index contributed by atoms with van der Waals surface area (Å²) in [5, 5.41) is 3.12. The van der Waals surface area contributed by atoms with Crippen molar-refractivity contribution in [1.82, 2.24) is 5.32 Å². The second-order valence-electron chi connectivity index (χ2n) is 5.56. The molecule has 1 aliphatic rings. The highest BCUT2D eigenvalue weighted by Gasteiger charge is 2.34. The third kappa shape index (κ3) is 3.47. The van der Waals surface area contributed by atoms with Gasteiger partial charge in [-0.1, -0.05) is 18.9 Å². The SMILES string of the molecule is COc1cccc(OC)c1CC(=O)NC1(CN)CCCC1. The largest absolute Gasteiger partial charge is 0.496 e. The van der Waals surface area contributed by atoms with Gasteiger partial charge in [-0.3, -0.25) is 4.79 Å². The highest BCUT2D eigenvalue weighted by Crippen LogP contribution is 2.31. The second kappa shape index (κ2) is 6.80. The van der Waals surface area contributed by atoms with Crippen molar-refractivity contribution in [3.05, 3.63) is 23.8 Å². The topological polar surface area (TPSA) is 73.6 Å². The molecule has 5 nitrogen and oxygen atoms in total. The summed E-state index contributed by atoms with van der Waals surface area (Å²) in [7, 11) is 3.18. The van der Waals surface area contributed by atoms with Crippen LogP contribution in [-0.4, -0.2) is 32.2 Å². The summed E-state index contributed by atoms with van der Waals surface area (Å²) >= 11 is 0. The van der Waals surface area contributed by atoms with Crippen molar-refractivity contribution in [3.63, 3.8) is 0 Å². The molecule has 21 heavy (non-hydrogen) atoms. The van der Waals surface area contributed by atoms with Crippen LogP contribution in [0.25, 0.3) is 0 Å². The van der Waals surface area contributed by atoms with E-state index in [1.807, 2.05) is 18.2 Å². The maximum atomic E-state index is 12.4. The lowest BCUT2D eigenvalue weighted by atomic mass is 9.97. The van der Waals surface area contributed by atoms with Crippen LogP contribution in [0.3, 0.4) is 0 Å². The number of nitrogens with two attached hydrogens (primary N) is 1. The van der Waals surface area contributed by atoms with Gasteiger partial charge in [-0.15, -0.1) is 0 Å². The summed E-state index contributed by atoms with van der Waals surface area (Å²) < 4.78 is 10.7. The number of carbonyl (C=O) groups excluding carboxylic acids is 1. The number of rotatable bonds is 6. The number of hydrogen-bond acceptors (Lipinski definition) is 4. The number of methoxy groups -OCH3 is 2. The molecule has 5 heteroatoms. The van der Waals surface area contributed by atoms with Gasteiger partial charge >= 0.3 is 0 Å². The van der Waals surface area contributed by atoms with Crippen molar-refractivity contribution in [2.45, 2.75) is 37.6 Å². The zero-order chi connectivity index (χ0) is 15.3. The maximum absolute atomic E-state index is 12.4. The molecule has 0 aromatic heterocycles. The van der Waals surface area contributed by atoms with Gasteiger partial charge in [0, 0.05) is 12.1 Å². The van der Waals surface area contributed by atoms with Gasteiger partial charge in [-0.2, -0.15) is 0 Å². The Morgan fingerprint density at radius 3 is 2.29 bits per heavy atom. The normalized spacial score (nSPS) is 16.5. The standard InChI is InChI=1S/C16H24N2O3/c1-20-13-6-5-7-14(21-2)12(13)10-15(19)18-16(11-17)8-3-4-9-16/h5-7H,3-4,8-11,17H2,1-2H3,(H,18,19). The molecule has 0 aliphatic heterocycles. The van der Waals surface area contributed by atoms with Crippen molar-refractivity contribution < 1.29 is 14.3 Å². The van der Waals surface area contributed by atoms with Crippen LogP contribution >= 0.6 is 0 Å². The van der Waals surface area contributed by atoms with Gasteiger partial charge in [0.25, 0.3) is 0 Å². The molecule has 0 saturated heterocycles. The van der Waals surface area contributed by atoms with E-state index in [1.54, 1.807) is 14.2 Å². The van der Waals surface area contributed by atoms with Gasteiger partial charge < -0.3 is 20.5 Å². The van der Waals surface area contributed by atoms with Crippen molar-refractivity contribution in [1.29, 1.82) is 0 Å². The fraction of sp³-hybridized carbons (Fsp3) is 0.562. The van der Waals surface area contributed by atoms with E-state index in [0.29, 0.717) is 18.0 Å². The maximum Gasteiger partial charge on any atom is 0.225 e. The summed E-state index contributed by atoms with van der Waals surface area (Å²) in [6.07, 6.45) is 4.39. The highest BCUT2D eigenvalue weighted by atomic mass is 16.5. The van der Waals surface area contributed by atoms with Crippen molar-refractivity contribution in [2.24, 2.45) is 5.73 Å². The Labute approximate surface area is 125 Å². The van der Waals surface area contributed by atoms with Crippen molar-refractivity contribution in [2.75, 3.05) is 20.8 Å². The zero-order valence-corrected chi connectivity index (χ0v) is 12.8. The first-order valence-electron chi connectivity index (χ1n) is 7.35. The van der Waals surface area contributed by atoms with E-state index in [9.17, 15) is 4.79 Å². The van der Waals surface area contributed by atoms with Crippen molar-refractivity contribution >= 4 is 5.91 Å². The fourth-order valence-electron chi connectivity index (χ4n) is 3.03. The quantitative estimate of drug-likeness (QED) is 0.836. The van der Waals surface area contributed by atoms with Gasteiger partial charge in [0.15, 0.2) is 0 Å². The Morgan fingerprint density at radius 1 is 1.24 bits per heavy atom. The third-order valence-electron chi connectivity index (χ3n) is 4.22. The lowest BCUT2D eigenvalue weighted by molar-refractivity contribution is -0.122. The molecule has 1 fully saturated rings. The van der Waals surface area contributed by atoms with Crippen LogP contribution in [0.4, 0.5) is 0 Å². The minimum atomic E-state index is -0.230. The highest BCUT2D eigenvalue weighted by molar-refractivity contribution is 5.81. The van der Waals surface area contributed by atoms with Gasteiger partial charge in [-0.25, -0.2) is 0 Å². The Kier molecular flexibility index (Phi) is 5.07. The molecular formula is C16H24N2O3. The molecule has 1 aliphatic carbocycles. The van der Waals surface area contributed by atoms with Gasteiger partial charge in [0.2, 0.25) is 5.91 Å². The van der Waals surface area contributed by atoms with Crippen LogP contribution in [0.2, 0.25) is 0 Å². The van der Waals surface area contributed by atoms with Crippen molar-refractivity contribution in [3.8, 4) is 11.5 Å². The minimum absolute atomic E-state index is 0.0369. The number of amides is 1. The summed E-state index contributed by atoms with van der Waals surface area (Å²) in [5.74, 6) is 1.29. The van der Waals surface area contributed by atoms with Gasteiger partial charge in [0.05, 0.1) is 26.2 Å². The molecule has 1 aromatic carbocycles. The van der Waals surface area contributed by atoms with E-state index < -0.39 is 0 Å². The average Bonchev–Trinajstić information content (AvgIpc) is 2.96. The molecule has 0 unspecified atom stereocenters.